The van der Waals surface area contributed by atoms with E-state index in [-0.39, 0.29) is 5.97 Å². The molecule has 0 radical (unpaired) electrons. The first kappa shape index (κ1) is 11.4. The maximum absolute atomic E-state index is 11.6. The van der Waals surface area contributed by atoms with Crippen LogP contribution in [-0.2, 0) is 9.53 Å². The Morgan fingerprint density at radius 1 is 1.33 bits per heavy atom. The molecule has 0 aliphatic rings. The SMILES string of the molecule is CCOC(=O)C(=C(C)C)c1cncnc1. The minimum atomic E-state index is -0.327. The van der Waals surface area contributed by atoms with E-state index in [9.17, 15) is 4.79 Å². The average molecular weight is 206 g/mol. The summed E-state index contributed by atoms with van der Waals surface area (Å²) in [5.41, 5.74) is 2.12. The van der Waals surface area contributed by atoms with Crippen molar-refractivity contribution in [3.63, 3.8) is 0 Å². The first-order valence-corrected chi connectivity index (χ1v) is 4.76. The van der Waals surface area contributed by atoms with Gasteiger partial charge in [-0.15, -0.1) is 0 Å². The summed E-state index contributed by atoms with van der Waals surface area (Å²) in [6, 6.07) is 0. The summed E-state index contributed by atoms with van der Waals surface area (Å²) >= 11 is 0. The zero-order chi connectivity index (χ0) is 11.3. The van der Waals surface area contributed by atoms with E-state index in [4.69, 9.17) is 4.74 Å². The molecule has 4 nitrogen and oxygen atoms in total. The molecular weight excluding hydrogens is 192 g/mol. The van der Waals surface area contributed by atoms with Crippen molar-refractivity contribution in [1.82, 2.24) is 9.97 Å². The Morgan fingerprint density at radius 2 is 1.93 bits per heavy atom. The predicted molar refractivity (Wildman–Crippen MR) is 56.9 cm³/mol. The van der Waals surface area contributed by atoms with Crippen LogP contribution in [0.15, 0.2) is 24.3 Å². The number of rotatable bonds is 3. The van der Waals surface area contributed by atoms with Crippen LogP contribution in [-0.4, -0.2) is 22.5 Å². The second kappa shape index (κ2) is 5.24. The predicted octanol–water partition coefficient (Wildman–Crippen LogP) is 1.83. The molecule has 0 bridgehead atoms. The zero-order valence-corrected chi connectivity index (χ0v) is 9.15. The molecule has 0 unspecified atom stereocenters. The van der Waals surface area contributed by atoms with Crippen molar-refractivity contribution in [2.45, 2.75) is 20.8 Å². The Hall–Kier alpha value is -1.71. The molecule has 0 saturated heterocycles. The molecule has 1 aromatic rings. The standard InChI is InChI=1S/C11H14N2O2/c1-4-15-11(14)10(8(2)3)9-5-12-7-13-6-9/h5-7H,4H2,1-3H3. The Balaban J connectivity index is 3.06. The van der Waals surface area contributed by atoms with Gasteiger partial charge < -0.3 is 4.74 Å². The van der Waals surface area contributed by atoms with E-state index < -0.39 is 0 Å². The van der Waals surface area contributed by atoms with Crippen molar-refractivity contribution in [1.29, 1.82) is 0 Å². The van der Waals surface area contributed by atoms with Crippen molar-refractivity contribution in [2.24, 2.45) is 0 Å². The topological polar surface area (TPSA) is 52.1 Å². The molecule has 0 aliphatic carbocycles. The number of hydrogen-bond acceptors (Lipinski definition) is 4. The van der Waals surface area contributed by atoms with Crippen LogP contribution < -0.4 is 0 Å². The van der Waals surface area contributed by atoms with E-state index in [1.807, 2.05) is 13.8 Å². The summed E-state index contributed by atoms with van der Waals surface area (Å²) in [6.07, 6.45) is 4.63. The highest BCUT2D eigenvalue weighted by atomic mass is 16.5. The second-order valence-corrected chi connectivity index (χ2v) is 3.22. The van der Waals surface area contributed by atoms with Crippen LogP contribution in [0.2, 0.25) is 0 Å². The van der Waals surface area contributed by atoms with Crippen molar-refractivity contribution in [3.05, 3.63) is 29.9 Å². The van der Waals surface area contributed by atoms with E-state index in [0.29, 0.717) is 17.7 Å². The number of nitrogens with zero attached hydrogens (tertiary/aromatic N) is 2. The molecule has 0 atom stereocenters. The Labute approximate surface area is 89.0 Å². The molecule has 0 N–H and O–H groups in total. The van der Waals surface area contributed by atoms with Gasteiger partial charge in [-0.25, -0.2) is 14.8 Å². The molecule has 0 amide bonds. The molecule has 0 saturated carbocycles. The fourth-order valence-corrected chi connectivity index (χ4v) is 1.24. The van der Waals surface area contributed by atoms with Gasteiger partial charge in [0.25, 0.3) is 0 Å². The Morgan fingerprint density at radius 3 is 2.40 bits per heavy atom. The third-order valence-electron chi connectivity index (χ3n) is 1.83. The van der Waals surface area contributed by atoms with Gasteiger partial charge in [0.1, 0.15) is 6.33 Å². The molecule has 0 aromatic carbocycles. The van der Waals surface area contributed by atoms with Gasteiger partial charge in [0.15, 0.2) is 0 Å². The molecule has 15 heavy (non-hydrogen) atoms. The molecule has 4 heteroatoms. The molecule has 1 heterocycles. The van der Waals surface area contributed by atoms with E-state index in [1.165, 1.54) is 6.33 Å². The lowest BCUT2D eigenvalue weighted by Gasteiger charge is -2.08. The maximum Gasteiger partial charge on any atom is 0.338 e. The molecule has 1 rings (SSSR count). The molecule has 0 spiro atoms. The number of carbonyl (C=O) groups is 1. The van der Waals surface area contributed by atoms with Crippen LogP contribution in [0.3, 0.4) is 0 Å². The number of aromatic nitrogens is 2. The van der Waals surface area contributed by atoms with Crippen LogP contribution in [0.5, 0.6) is 0 Å². The van der Waals surface area contributed by atoms with Crippen LogP contribution in [0.4, 0.5) is 0 Å². The normalized spacial score (nSPS) is 9.53. The minimum Gasteiger partial charge on any atom is -0.462 e. The number of esters is 1. The van der Waals surface area contributed by atoms with Crippen LogP contribution >= 0.6 is 0 Å². The summed E-state index contributed by atoms with van der Waals surface area (Å²) < 4.78 is 4.97. The monoisotopic (exact) mass is 206 g/mol. The van der Waals surface area contributed by atoms with Crippen LogP contribution in [0, 0.1) is 0 Å². The van der Waals surface area contributed by atoms with E-state index >= 15 is 0 Å². The van der Waals surface area contributed by atoms with Gasteiger partial charge in [0.05, 0.1) is 12.2 Å². The molecule has 1 aromatic heterocycles. The fraction of sp³-hybridized carbons (Fsp3) is 0.364. The lowest BCUT2D eigenvalue weighted by atomic mass is 10.1. The molecule has 0 aliphatic heterocycles. The molecule has 80 valence electrons. The number of ether oxygens (including phenoxy) is 1. The van der Waals surface area contributed by atoms with E-state index in [1.54, 1.807) is 19.3 Å². The average Bonchev–Trinajstić information content (AvgIpc) is 2.19. The summed E-state index contributed by atoms with van der Waals surface area (Å²) in [4.78, 5) is 19.4. The molecule has 0 fully saturated rings. The van der Waals surface area contributed by atoms with Crippen molar-refractivity contribution in [2.75, 3.05) is 6.61 Å². The highest BCUT2D eigenvalue weighted by Crippen LogP contribution is 2.18. The van der Waals surface area contributed by atoms with Gasteiger partial charge in [-0.3, -0.25) is 0 Å². The lowest BCUT2D eigenvalue weighted by Crippen LogP contribution is -2.08. The first-order chi connectivity index (χ1) is 7.16. The molecular formula is C11H14N2O2. The fourth-order valence-electron chi connectivity index (χ4n) is 1.24. The zero-order valence-electron chi connectivity index (χ0n) is 9.15. The second-order valence-electron chi connectivity index (χ2n) is 3.22. The minimum absolute atomic E-state index is 0.327. The third kappa shape index (κ3) is 2.87. The smallest absolute Gasteiger partial charge is 0.338 e. The lowest BCUT2D eigenvalue weighted by molar-refractivity contribution is -0.136. The largest absolute Gasteiger partial charge is 0.462 e. The van der Waals surface area contributed by atoms with Crippen molar-refractivity contribution < 1.29 is 9.53 Å². The number of hydrogen-bond donors (Lipinski definition) is 0. The quantitative estimate of drug-likeness (QED) is 0.559. The van der Waals surface area contributed by atoms with Gasteiger partial charge in [-0.05, 0) is 20.8 Å². The number of allylic oxidation sites excluding steroid dienone is 1. The van der Waals surface area contributed by atoms with Crippen molar-refractivity contribution >= 4 is 11.5 Å². The van der Waals surface area contributed by atoms with Gasteiger partial charge in [0, 0.05) is 18.0 Å². The van der Waals surface area contributed by atoms with Gasteiger partial charge in [-0.1, -0.05) is 5.57 Å². The van der Waals surface area contributed by atoms with E-state index in [2.05, 4.69) is 9.97 Å². The Bertz CT molecular complexity index is 367. The van der Waals surface area contributed by atoms with Gasteiger partial charge in [0.2, 0.25) is 0 Å². The summed E-state index contributed by atoms with van der Waals surface area (Å²) in [7, 11) is 0. The summed E-state index contributed by atoms with van der Waals surface area (Å²) in [6.45, 7) is 5.86. The van der Waals surface area contributed by atoms with Crippen molar-refractivity contribution in [3.8, 4) is 0 Å². The van der Waals surface area contributed by atoms with Gasteiger partial charge in [-0.2, -0.15) is 0 Å². The summed E-state index contributed by atoms with van der Waals surface area (Å²) in [5, 5.41) is 0. The summed E-state index contributed by atoms with van der Waals surface area (Å²) in [5.74, 6) is -0.327. The number of carbonyl (C=O) groups excluding carboxylic acids is 1. The van der Waals surface area contributed by atoms with Crippen LogP contribution in [0.25, 0.3) is 5.57 Å². The highest BCUT2D eigenvalue weighted by molar-refractivity contribution is 6.17. The maximum atomic E-state index is 11.6. The van der Waals surface area contributed by atoms with E-state index in [0.717, 1.165) is 5.57 Å². The third-order valence-corrected chi connectivity index (χ3v) is 1.83. The first-order valence-electron chi connectivity index (χ1n) is 4.76. The Kier molecular flexibility index (Phi) is 3.97. The van der Waals surface area contributed by atoms with Crippen LogP contribution in [0.1, 0.15) is 26.3 Å². The highest BCUT2D eigenvalue weighted by Gasteiger charge is 2.14. The van der Waals surface area contributed by atoms with Gasteiger partial charge >= 0.3 is 5.97 Å².